The third-order valence-corrected chi connectivity index (χ3v) is 5.85. The minimum absolute atomic E-state index is 0.00732. The second-order valence-corrected chi connectivity index (χ2v) is 10.5. The Morgan fingerprint density at radius 1 is 1.10 bits per heavy atom. The van der Waals surface area contributed by atoms with Crippen LogP contribution in [0, 0.1) is 5.41 Å². The number of hydroxylamine groups is 1. The Hall–Kier alpha value is -4.49. The summed E-state index contributed by atoms with van der Waals surface area (Å²) >= 11 is 0. The number of alkyl halides is 3. The maximum Gasteiger partial charge on any atom is 0.493 e. The van der Waals surface area contributed by atoms with Gasteiger partial charge >= 0.3 is 18.2 Å². The van der Waals surface area contributed by atoms with Gasteiger partial charge in [-0.2, -0.15) is 13.2 Å². The van der Waals surface area contributed by atoms with E-state index >= 15 is 0 Å². The number of hydrogen-bond acceptors (Lipinski definition) is 8. The van der Waals surface area contributed by atoms with E-state index in [4.69, 9.17) is 25.4 Å². The molecular formula is C28H33F3N4O7. The molecule has 2 aromatic carbocycles. The Bertz CT molecular complexity index is 1330. The molecule has 1 aliphatic rings. The highest BCUT2D eigenvalue weighted by molar-refractivity contribution is 5.95. The predicted octanol–water partition coefficient (Wildman–Crippen LogP) is 4.35. The number of nitrogen functional groups attached to an aromatic ring is 1. The molecule has 0 saturated carbocycles. The van der Waals surface area contributed by atoms with Gasteiger partial charge in [0.05, 0.1) is 18.8 Å². The average molecular weight is 595 g/mol. The molecule has 1 fully saturated rings. The fraction of sp³-hybridized carbons (Fsp3) is 0.429. The molecule has 11 nitrogen and oxygen atoms in total. The van der Waals surface area contributed by atoms with Gasteiger partial charge in [0.25, 0.3) is 5.91 Å². The number of anilines is 1. The fourth-order valence-electron chi connectivity index (χ4n) is 3.99. The first-order valence-electron chi connectivity index (χ1n) is 13.0. The largest absolute Gasteiger partial charge is 0.493 e. The minimum Gasteiger partial charge on any atom is -0.493 e. The zero-order valence-electron chi connectivity index (χ0n) is 23.6. The lowest BCUT2D eigenvalue weighted by Crippen LogP contribution is -2.38. The summed E-state index contributed by atoms with van der Waals surface area (Å²) < 4.78 is 56.0. The number of ether oxygens (including phenoxy) is 3. The van der Waals surface area contributed by atoms with Gasteiger partial charge in [0.1, 0.15) is 29.0 Å². The molecular weight excluding hydrogens is 561 g/mol. The number of hydrogen-bond donors (Lipinski definition) is 2. The van der Waals surface area contributed by atoms with E-state index in [1.54, 1.807) is 45.0 Å². The lowest BCUT2D eigenvalue weighted by atomic mass is 10.1. The van der Waals surface area contributed by atoms with E-state index in [1.807, 2.05) is 0 Å². The monoisotopic (exact) mass is 594 g/mol. The maximum atomic E-state index is 12.9. The molecule has 228 valence electrons. The summed E-state index contributed by atoms with van der Waals surface area (Å²) in [5, 5.41) is 7.84. The molecule has 2 aromatic rings. The van der Waals surface area contributed by atoms with Gasteiger partial charge in [0, 0.05) is 31.9 Å². The summed E-state index contributed by atoms with van der Waals surface area (Å²) in [5.41, 5.74) is 5.45. The quantitative estimate of drug-likeness (QED) is 0.261. The van der Waals surface area contributed by atoms with Gasteiger partial charge in [-0.1, -0.05) is 12.1 Å². The van der Waals surface area contributed by atoms with Crippen molar-refractivity contribution in [1.29, 1.82) is 5.41 Å². The molecule has 3 rings (SSSR count). The van der Waals surface area contributed by atoms with Crippen LogP contribution in [0.2, 0.25) is 0 Å². The summed E-state index contributed by atoms with van der Waals surface area (Å²) in [6.07, 6.45) is -5.63. The van der Waals surface area contributed by atoms with Crippen LogP contribution in [0.5, 0.6) is 11.5 Å². The molecule has 14 heteroatoms. The first-order valence-corrected chi connectivity index (χ1v) is 13.0. The van der Waals surface area contributed by atoms with Crippen molar-refractivity contribution in [2.24, 2.45) is 5.73 Å². The molecule has 42 heavy (non-hydrogen) atoms. The van der Waals surface area contributed by atoms with Gasteiger partial charge in [0.2, 0.25) is 0 Å². The zero-order chi connectivity index (χ0) is 31.2. The number of nitrogens with two attached hydrogens (primary N) is 1. The van der Waals surface area contributed by atoms with Crippen LogP contribution in [-0.4, -0.2) is 66.3 Å². The second kappa shape index (κ2) is 13.0. The average Bonchev–Trinajstić information content (AvgIpc) is 3.35. The number of halogens is 3. The summed E-state index contributed by atoms with van der Waals surface area (Å²) in [5.74, 6) is -2.99. The van der Waals surface area contributed by atoms with Crippen LogP contribution in [-0.2, 0) is 25.6 Å². The van der Waals surface area contributed by atoms with Crippen molar-refractivity contribution in [3.63, 3.8) is 0 Å². The van der Waals surface area contributed by atoms with E-state index in [0.717, 1.165) is 6.92 Å². The van der Waals surface area contributed by atoms with Gasteiger partial charge in [-0.25, -0.2) is 9.59 Å². The SMILES string of the molecule is CC(=O)N(OC(=O)C(F)(F)F)c1ccc(O[C@H]2CCN(C(=O)OC(C)(C)C)C2)cc1CCOc1cccc(C(=N)N)c1. The molecule has 0 radical (unpaired) electrons. The van der Waals surface area contributed by atoms with Crippen molar-refractivity contribution in [3.8, 4) is 11.5 Å². The van der Waals surface area contributed by atoms with Crippen molar-refractivity contribution >= 4 is 29.5 Å². The van der Waals surface area contributed by atoms with E-state index in [1.165, 1.54) is 23.1 Å². The highest BCUT2D eigenvalue weighted by Gasteiger charge is 2.43. The number of rotatable bonds is 8. The molecule has 1 aliphatic heterocycles. The Labute approximate surface area is 240 Å². The number of amides is 2. The van der Waals surface area contributed by atoms with E-state index in [-0.39, 0.29) is 41.7 Å². The number of carbonyl (C=O) groups excluding carboxylic acids is 3. The summed E-state index contributed by atoms with van der Waals surface area (Å²) in [7, 11) is 0. The standard InChI is InChI=1S/C28H33F3N4O7/c1-17(36)35(42-25(37)28(29,30)31)23-9-8-21(40-22-10-12-34(16-22)26(38)41-27(2,3)4)14-18(23)11-13-39-20-7-5-6-19(15-20)24(32)33/h5-9,14-15,22H,10-13,16H2,1-4H3,(H3,32,33)/t22-/m0/s1. The Morgan fingerprint density at radius 3 is 2.43 bits per heavy atom. The van der Waals surface area contributed by atoms with Crippen LogP contribution in [0.4, 0.5) is 23.7 Å². The topological polar surface area (TPSA) is 144 Å². The van der Waals surface area contributed by atoms with Crippen LogP contribution in [0.3, 0.4) is 0 Å². The highest BCUT2D eigenvalue weighted by Crippen LogP contribution is 2.30. The van der Waals surface area contributed by atoms with Gasteiger partial charge in [-0.05, 0) is 56.7 Å². The van der Waals surface area contributed by atoms with Crippen molar-refractivity contribution in [3.05, 3.63) is 53.6 Å². The van der Waals surface area contributed by atoms with E-state index in [9.17, 15) is 27.6 Å². The summed E-state index contributed by atoms with van der Waals surface area (Å²) in [4.78, 5) is 42.1. The lowest BCUT2D eigenvalue weighted by Gasteiger charge is -2.25. The van der Waals surface area contributed by atoms with Crippen LogP contribution >= 0.6 is 0 Å². The van der Waals surface area contributed by atoms with Gasteiger partial charge < -0.3 is 29.7 Å². The molecule has 0 aromatic heterocycles. The van der Waals surface area contributed by atoms with Crippen molar-refractivity contribution in [1.82, 2.24) is 4.90 Å². The van der Waals surface area contributed by atoms with Gasteiger partial charge in [-0.15, -0.1) is 5.06 Å². The van der Waals surface area contributed by atoms with Crippen LogP contribution in [0.25, 0.3) is 0 Å². The second-order valence-electron chi connectivity index (χ2n) is 10.5. The van der Waals surface area contributed by atoms with Gasteiger partial charge in [-0.3, -0.25) is 10.2 Å². The molecule has 0 spiro atoms. The van der Waals surface area contributed by atoms with Crippen molar-refractivity contribution in [2.45, 2.75) is 58.4 Å². The fourth-order valence-corrected chi connectivity index (χ4v) is 3.99. The number of nitrogens with zero attached hydrogens (tertiary/aromatic N) is 2. The van der Waals surface area contributed by atoms with E-state index in [0.29, 0.717) is 30.0 Å². The predicted molar refractivity (Wildman–Crippen MR) is 145 cm³/mol. The molecule has 2 amide bonds. The number of benzene rings is 2. The van der Waals surface area contributed by atoms with Crippen molar-refractivity contribution in [2.75, 3.05) is 24.8 Å². The molecule has 1 saturated heterocycles. The number of likely N-dealkylation sites (tertiary alicyclic amines) is 1. The minimum atomic E-state index is -5.33. The van der Waals surface area contributed by atoms with E-state index in [2.05, 4.69) is 4.84 Å². The van der Waals surface area contributed by atoms with E-state index < -0.39 is 35.9 Å². The smallest absolute Gasteiger partial charge is 0.493 e. The van der Waals surface area contributed by atoms with Crippen molar-refractivity contribution < 1.29 is 46.6 Å². The molecule has 0 bridgehead atoms. The molecule has 3 N–H and O–H groups in total. The Kier molecular flexibility index (Phi) is 9.91. The number of nitrogens with one attached hydrogen (secondary N) is 1. The normalized spacial score (nSPS) is 15.1. The Morgan fingerprint density at radius 2 is 1.81 bits per heavy atom. The molecule has 1 heterocycles. The van der Waals surface area contributed by atoms with Gasteiger partial charge in [0.15, 0.2) is 0 Å². The third kappa shape index (κ3) is 9.01. The van der Waals surface area contributed by atoms with Crippen LogP contribution in [0.15, 0.2) is 42.5 Å². The van der Waals surface area contributed by atoms with Crippen LogP contribution < -0.4 is 20.3 Å². The molecule has 1 atom stereocenters. The third-order valence-electron chi connectivity index (χ3n) is 5.85. The Balaban J connectivity index is 1.82. The number of carbonyl (C=O) groups is 3. The first-order chi connectivity index (χ1) is 19.5. The lowest BCUT2D eigenvalue weighted by molar-refractivity contribution is -0.201. The maximum absolute atomic E-state index is 12.9. The summed E-state index contributed by atoms with van der Waals surface area (Å²) in [6, 6.07) is 10.7. The number of amidine groups is 1. The van der Waals surface area contributed by atoms with Crippen LogP contribution in [0.1, 0.15) is 45.2 Å². The summed E-state index contributed by atoms with van der Waals surface area (Å²) in [6.45, 7) is 6.89. The first kappa shape index (κ1) is 32.0. The molecule has 0 unspecified atom stereocenters. The zero-order valence-corrected chi connectivity index (χ0v) is 23.6. The highest BCUT2D eigenvalue weighted by atomic mass is 19.4. The molecule has 0 aliphatic carbocycles.